The fourth-order valence-electron chi connectivity index (χ4n) is 4.02. The van der Waals surface area contributed by atoms with Crippen molar-refractivity contribution in [2.45, 2.75) is 12.5 Å². The molecule has 3 aromatic carbocycles. The van der Waals surface area contributed by atoms with E-state index in [-0.39, 0.29) is 18.3 Å². The van der Waals surface area contributed by atoms with E-state index in [9.17, 15) is 4.79 Å². The molecule has 10 heteroatoms. The zero-order valence-corrected chi connectivity index (χ0v) is 23.2. The standard InChI is InChI=1S/C28H29N3O5S.ClH/c1-33-23-11-10-18(13-22(23)31-28(32)21(29)12-17-8-6-5-7-9-17)20-16-30-37-27(20)19-14-24(34-2)26(36-4)25(15-19)35-3;/h5-11,13-16,21H,12,29H2,1-4H3,(H,31,32);1H. The number of anilines is 1. The number of nitrogens with one attached hydrogen (secondary N) is 1. The number of nitrogens with zero attached hydrogens (tertiary/aromatic N) is 1. The van der Waals surface area contributed by atoms with E-state index < -0.39 is 6.04 Å². The van der Waals surface area contributed by atoms with Crippen LogP contribution in [0.25, 0.3) is 21.6 Å². The molecule has 1 unspecified atom stereocenters. The van der Waals surface area contributed by atoms with E-state index in [0.29, 0.717) is 35.1 Å². The Bertz CT molecular complexity index is 1360. The quantitative estimate of drug-likeness (QED) is 0.268. The van der Waals surface area contributed by atoms with Gasteiger partial charge in [0.05, 0.1) is 45.0 Å². The molecule has 1 atom stereocenters. The third kappa shape index (κ3) is 6.19. The van der Waals surface area contributed by atoms with Crippen LogP contribution in [-0.4, -0.2) is 44.8 Å². The number of benzene rings is 3. The largest absolute Gasteiger partial charge is 0.495 e. The fourth-order valence-corrected chi connectivity index (χ4v) is 4.78. The number of methoxy groups -OCH3 is 4. The van der Waals surface area contributed by atoms with Gasteiger partial charge in [0.2, 0.25) is 11.7 Å². The Balaban J connectivity index is 0.00000400. The molecule has 0 spiro atoms. The molecule has 200 valence electrons. The lowest BCUT2D eigenvalue weighted by molar-refractivity contribution is -0.117. The van der Waals surface area contributed by atoms with E-state index in [4.69, 9.17) is 24.7 Å². The monoisotopic (exact) mass is 555 g/mol. The first-order valence-corrected chi connectivity index (χ1v) is 12.3. The summed E-state index contributed by atoms with van der Waals surface area (Å²) in [4.78, 5) is 13.8. The number of rotatable bonds is 10. The molecular formula is C28H30ClN3O5S. The van der Waals surface area contributed by atoms with Gasteiger partial charge in [0, 0.05) is 17.3 Å². The van der Waals surface area contributed by atoms with Crippen LogP contribution in [0.15, 0.2) is 66.9 Å². The van der Waals surface area contributed by atoms with Gasteiger partial charge in [-0.3, -0.25) is 4.79 Å². The molecule has 0 aliphatic rings. The normalized spacial score (nSPS) is 11.2. The number of carbonyl (C=O) groups excluding carboxylic acids is 1. The molecule has 8 nitrogen and oxygen atoms in total. The van der Waals surface area contributed by atoms with Crippen LogP contribution in [0.1, 0.15) is 5.56 Å². The summed E-state index contributed by atoms with van der Waals surface area (Å²) < 4.78 is 26.4. The number of hydrogen-bond donors (Lipinski definition) is 2. The molecule has 1 amide bonds. The summed E-state index contributed by atoms with van der Waals surface area (Å²) in [7, 11) is 6.28. The van der Waals surface area contributed by atoms with Gasteiger partial charge in [-0.05, 0) is 53.3 Å². The predicted octanol–water partition coefficient (Wildman–Crippen LogP) is 5.44. The van der Waals surface area contributed by atoms with Crippen LogP contribution >= 0.6 is 23.9 Å². The van der Waals surface area contributed by atoms with Crippen molar-refractivity contribution < 1.29 is 23.7 Å². The number of halogens is 1. The highest BCUT2D eigenvalue weighted by Gasteiger charge is 2.20. The van der Waals surface area contributed by atoms with Gasteiger partial charge in [0.25, 0.3) is 0 Å². The minimum Gasteiger partial charge on any atom is -0.495 e. The van der Waals surface area contributed by atoms with Crippen molar-refractivity contribution >= 4 is 35.5 Å². The van der Waals surface area contributed by atoms with Gasteiger partial charge < -0.3 is 30.0 Å². The van der Waals surface area contributed by atoms with Gasteiger partial charge in [-0.1, -0.05) is 36.4 Å². The van der Waals surface area contributed by atoms with Gasteiger partial charge in [-0.25, -0.2) is 0 Å². The van der Waals surface area contributed by atoms with Crippen molar-refractivity contribution in [1.29, 1.82) is 0 Å². The highest BCUT2D eigenvalue weighted by molar-refractivity contribution is 7.10. The lowest BCUT2D eigenvalue weighted by Crippen LogP contribution is -2.37. The van der Waals surface area contributed by atoms with Crippen LogP contribution in [-0.2, 0) is 11.2 Å². The summed E-state index contributed by atoms with van der Waals surface area (Å²) in [6.45, 7) is 0. The first-order valence-electron chi connectivity index (χ1n) is 11.5. The van der Waals surface area contributed by atoms with E-state index in [1.54, 1.807) is 34.6 Å². The molecule has 3 N–H and O–H groups in total. The summed E-state index contributed by atoms with van der Waals surface area (Å²) in [6.07, 6.45) is 2.21. The molecule has 0 saturated heterocycles. The second-order valence-corrected chi connectivity index (χ2v) is 8.98. The van der Waals surface area contributed by atoms with Crippen LogP contribution in [0.2, 0.25) is 0 Å². The zero-order chi connectivity index (χ0) is 26.4. The van der Waals surface area contributed by atoms with Crippen LogP contribution in [0, 0.1) is 0 Å². The number of amides is 1. The van der Waals surface area contributed by atoms with Crippen molar-refractivity contribution in [3.63, 3.8) is 0 Å². The van der Waals surface area contributed by atoms with E-state index in [1.165, 1.54) is 11.5 Å². The van der Waals surface area contributed by atoms with Crippen molar-refractivity contribution in [2.75, 3.05) is 33.8 Å². The molecule has 38 heavy (non-hydrogen) atoms. The Morgan fingerprint density at radius 2 is 1.55 bits per heavy atom. The first kappa shape index (κ1) is 28.8. The van der Waals surface area contributed by atoms with Gasteiger partial charge in [0.1, 0.15) is 5.75 Å². The molecule has 4 aromatic rings. The fraction of sp³-hybridized carbons (Fsp3) is 0.214. The van der Waals surface area contributed by atoms with E-state index in [0.717, 1.165) is 27.1 Å². The first-order chi connectivity index (χ1) is 18.0. The molecule has 0 radical (unpaired) electrons. The Morgan fingerprint density at radius 3 is 2.16 bits per heavy atom. The van der Waals surface area contributed by atoms with Crippen LogP contribution in [0.4, 0.5) is 5.69 Å². The van der Waals surface area contributed by atoms with Crippen molar-refractivity contribution in [3.8, 4) is 44.6 Å². The van der Waals surface area contributed by atoms with Gasteiger partial charge in [0.15, 0.2) is 11.5 Å². The van der Waals surface area contributed by atoms with E-state index in [2.05, 4.69) is 9.69 Å². The number of hydrogen-bond acceptors (Lipinski definition) is 8. The van der Waals surface area contributed by atoms with Gasteiger partial charge >= 0.3 is 0 Å². The molecule has 4 rings (SSSR count). The minimum absolute atomic E-state index is 0. The average molecular weight is 556 g/mol. The highest BCUT2D eigenvalue weighted by atomic mass is 35.5. The smallest absolute Gasteiger partial charge is 0.241 e. The van der Waals surface area contributed by atoms with Crippen molar-refractivity contribution in [3.05, 3.63) is 72.4 Å². The topological polar surface area (TPSA) is 105 Å². The number of aromatic nitrogens is 1. The molecular weight excluding hydrogens is 526 g/mol. The van der Waals surface area contributed by atoms with E-state index >= 15 is 0 Å². The maximum atomic E-state index is 12.9. The van der Waals surface area contributed by atoms with Crippen molar-refractivity contribution in [2.24, 2.45) is 5.73 Å². The summed E-state index contributed by atoms with van der Waals surface area (Å²) in [5, 5.41) is 2.93. The molecule has 1 aromatic heterocycles. The molecule has 0 fully saturated rings. The van der Waals surface area contributed by atoms with Crippen LogP contribution in [0.5, 0.6) is 23.0 Å². The SMILES string of the molecule is COc1ccc(-c2cnsc2-c2cc(OC)c(OC)c(OC)c2)cc1NC(=O)C(N)Cc1ccccc1.Cl. The van der Waals surface area contributed by atoms with Gasteiger partial charge in [-0.2, -0.15) is 4.37 Å². The van der Waals surface area contributed by atoms with Crippen LogP contribution < -0.4 is 30.0 Å². The third-order valence-corrected chi connectivity index (χ3v) is 6.75. The molecule has 0 aliphatic heterocycles. The Kier molecular flexibility index (Phi) is 9.95. The van der Waals surface area contributed by atoms with E-state index in [1.807, 2.05) is 60.7 Å². The Hall–Kier alpha value is -3.79. The number of ether oxygens (including phenoxy) is 4. The molecule has 0 bridgehead atoms. The maximum Gasteiger partial charge on any atom is 0.241 e. The summed E-state index contributed by atoms with van der Waals surface area (Å²) in [6, 6.07) is 18.3. The Morgan fingerprint density at radius 1 is 0.895 bits per heavy atom. The van der Waals surface area contributed by atoms with Crippen molar-refractivity contribution in [1.82, 2.24) is 4.37 Å². The molecule has 0 aliphatic carbocycles. The van der Waals surface area contributed by atoms with Gasteiger partial charge in [-0.15, -0.1) is 12.4 Å². The Labute approximate surface area is 232 Å². The lowest BCUT2D eigenvalue weighted by atomic mass is 10.0. The summed E-state index contributed by atoms with van der Waals surface area (Å²) in [5.41, 5.74) is 10.3. The zero-order valence-electron chi connectivity index (χ0n) is 21.5. The highest BCUT2D eigenvalue weighted by Crippen LogP contribution is 2.45. The number of carbonyl (C=O) groups is 1. The molecule has 1 heterocycles. The third-order valence-electron chi connectivity index (χ3n) is 5.90. The second kappa shape index (κ2) is 13.1. The molecule has 0 saturated carbocycles. The predicted molar refractivity (Wildman–Crippen MR) is 153 cm³/mol. The summed E-state index contributed by atoms with van der Waals surface area (Å²) in [5.74, 6) is 1.84. The summed E-state index contributed by atoms with van der Waals surface area (Å²) >= 11 is 1.34. The maximum absolute atomic E-state index is 12.9. The minimum atomic E-state index is -0.714. The number of nitrogens with two attached hydrogens (primary N) is 1. The second-order valence-electron chi connectivity index (χ2n) is 8.18. The lowest BCUT2D eigenvalue weighted by Gasteiger charge is -2.16. The van der Waals surface area contributed by atoms with Crippen LogP contribution in [0.3, 0.4) is 0 Å². The average Bonchev–Trinajstić information content (AvgIpc) is 3.42.